The lowest BCUT2D eigenvalue weighted by molar-refractivity contribution is -0.159. The molecule has 0 spiro atoms. The van der Waals surface area contributed by atoms with Gasteiger partial charge in [0.25, 0.3) is 5.91 Å². The van der Waals surface area contributed by atoms with Crippen LogP contribution in [-0.4, -0.2) is 85.4 Å². The molecule has 206 valence electrons. The number of methoxy groups -OCH3 is 3. The molecular weight excluding hydrogens is 504 g/mol. The van der Waals surface area contributed by atoms with Gasteiger partial charge >= 0.3 is 11.9 Å². The van der Waals surface area contributed by atoms with E-state index in [4.69, 9.17) is 34.0 Å². The first-order chi connectivity index (χ1) is 18.8. The summed E-state index contributed by atoms with van der Waals surface area (Å²) in [6.07, 6.45) is 0. The minimum absolute atomic E-state index is 0.0814. The van der Waals surface area contributed by atoms with Crippen molar-refractivity contribution in [3.63, 3.8) is 0 Å². The number of benzene rings is 3. The van der Waals surface area contributed by atoms with E-state index >= 15 is 0 Å². The van der Waals surface area contributed by atoms with Crippen molar-refractivity contribution in [3.05, 3.63) is 77.9 Å². The highest BCUT2D eigenvalue weighted by atomic mass is 16.5. The van der Waals surface area contributed by atoms with Crippen molar-refractivity contribution in [1.82, 2.24) is 9.80 Å². The molecule has 0 radical (unpaired) electrons. The van der Waals surface area contributed by atoms with Crippen LogP contribution in [0.25, 0.3) is 11.1 Å². The highest BCUT2D eigenvalue weighted by molar-refractivity contribution is 6.27. The van der Waals surface area contributed by atoms with Crippen LogP contribution in [0.15, 0.2) is 66.7 Å². The van der Waals surface area contributed by atoms with Gasteiger partial charge in [-0.2, -0.15) is 0 Å². The molecule has 3 aromatic carbocycles. The summed E-state index contributed by atoms with van der Waals surface area (Å²) in [6, 6.07) is 21.9. The second-order valence-electron chi connectivity index (χ2n) is 8.64. The van der Waals surface area contributed by atoms with Crippen LogP contribution in [0, 0.1) is 0 Å². The Morgan fingerprint density at radius 2 is 1.21 bits per heavy atom. The van der Waals surface area contributed by atoms with Crippen molar-refractivity contribution in [3.8, 4) is 28.4 Å². The summed E-state index contributed by atoms with van der Waals surface area (Å²) in [6.45, 7) is 3.69. The van der Waals surface area contributed by atoms with Crippen LogP contribution in [-0.2, 0) is 16.1 Å². The average molecular weight is 537 g/mol. The molecule has 1 aliphatic heterocycles. The fraction of sp³-hybridized carbons (Fsp3) is 0.276. The molecule has 39 heavy (non-hydrogen) atoms. The summed E-state index contributed by atoms with van der Waals surface area (Å²) in [5, 5.41) is 14.8. The predicted molar refractivity (Wildman–Crippen MR) is 144 cm³/mol. The number of ether oxygens (including phenoxy) is 3. The van der Waals surface area contributed by atoms with Crippen LogP contribution in [0.5, 0.6) is 17.2 Å². The third-order valence-corrected chi connectivity index (χ3v) is 6.26. The number of rotatable bonds is 7. The molecular formula is C29H32N2O8. The molecule has 1 amide bonds. The SMILES string of the molecule is COc1cc(OC)c(OC)cc1CN1CCN(C(=O)c2ccc(-c3ccccc3)cc2)CC1.O=C(O)C(=O)O. The Balaban J connectivity index is 0.000000631. The zero-order chi connectivity index (χ0) is 28.4. The predicted octanol–water partition coefficient (Wildman–Crippen LogP) is 3.49. The Morgan fingerprint density at radius 3 is 1.72 bits per heavy atom. The summed E-state index contributed by atoms with van der Waals surface area (Å²) in [7, 11) is 4.90. The maximum absolute atomic E-state index is 13.0. The quantitative estimate of drug-likeness (QED) is 0.437. The van der Waals surface area contributed by atoms with Gasteiger partial charge in [0.1, 0.15) is 5.75 Å². The summed E-state index contributed by atoms with van der Waals surface area (Å²) in [5.41, 5.74) is 4.02. The van der Waals surface area contributed by atoms with Crippen molar-refractivity contribution >= 4 is 17.8 Å². The van der Waals surface area contributed by atoms with E-state index in [9.17, 15) is 4.79 Å². The standard InChI is InChI=1S/C27H30N2O4.C2H2O4/c1-31-24-18-26(33-3)25(32-2)17-23(24)19-28-13-15-29(16-14-28)27(30)22-11-9-21(10-12-22)20-7-5-4-6-8-20;3-1(4)2(5)6/h4-12,17-18H,13-16,19H2,1-3H3;(H,3,4)(H,5,6). The highest BCUT2D eigenvalue weighted by Crippen LogP contribution is 2.35. The lowest BCUT2D eigenvalue weighted by Gasteiger charge is -2.35. The van der Waals surface area contributed by atoms with Crippen molar-refractivity contribution in [2.45, 2.75) is 6.54 Å². The molecule has 4 rings (SSSR count). The van der Waals surface area contributed by atoms with Crippen LogP contribution >= 0.6 is 0 Å². The Morgan fingerprint density at radius 1 is 0.692 bits per heavy atom. The second-order valence-corrected chi connectivity index (χ2v) is 8.64. The second kappa shape index (κ2) is 13.8. The highest BCUT2D eigenvalue weighted by Gasteiger charge is 2.23. The van der Waals surface area contributed by atoms with Gasteiger partial charge in [-0.15, -0.1) is 0 Å². The number of piperazine rings is 1. The molecule has 0 unspecified atom stereocenters. The number of amides is 1. The summed E-state index contributed by atoms with van der Waals surface area (Å²) >= 11 is 0. The normalized spacial score (nSPS) is 13.1. The van der Waals surface area contributed by atoms with E-state index in [2.05, 4.69) is 17.0 Å². The number of hydrogen-bond acceptors (Lipinski definition) is 7. The van der Waals surface area contributed by atoms with Gasteiger partial charge in [0.05, 0.1) is 21.3 Å². The molecule has 1 heterocycles. The van der Waals surface area contributed by atoms with E-state index in [1.807, 2.05) is 59.5 Å². The number of carbonyl (C=O) groups excluding carboxylic acids is 1. The van der Waals surface area contributed by atoms with E-state index in [1.165, 1.54) is 0 Å². The zero-order valence-electron chi connectivity index (χ0n) is 22.1. The molecule has 0 atom stereocenters. The third-order valence-electron chi connectivity index (χ3n) is 6.26. The Labute approximate surface area is 226 Å². The van der Waals surface area contributed by atoms with Crippen molar-refractivity contribution in [1.29, 1.82) is 0 Å². The number of carbonyl (C=O) groups is 3. The van der Waals surface area contributed by atoms with Crippen LogP contribution in [0.2, 0.25) is 0 Å². The van der Waals surface area contributed by atoms with Crippen molar-refractivity contribution < 1.29 is 38.8 Å². The maximum Gasteiger partial charge on any atom is 0.414 e. The van der Waals surface area contributed by atoms with Gasteiger partial charge < -0.3 is 29.3 Å². The van der Waals surface area contributed by atoms with Gasteiger partial charge in [0.15, 0.2) is 11.5 Å². The summed E-state index contributed by atoms with van der Waals surface area (Å²) < 4.78 is 16.4. The van der Waals surface area contributed by atoms with Crippen LogP contribution in [0.3, 0.4) is 0 Å². The van der Waals surface area contributed by atoms with Crippen molar-refractivity contribution in [2.24, 2.45) is 0 Å². The number of carboxylic acids is 2. The monoisotopic (exact) mass is 536 g/mol. The largest absolute Gasteiger partial charge is 0.496 e. The lowest BCUT2D eigenvalue weighted by Crippen LogP contribution is -2.48. The minimum atomic E-state index is -1.82. The molecule has 3 aromatic rings. The van der Waals surface area contributed by atoms with Gasteiger partial charge in [-0.25, -0.2) is 9.59 Å². The first-order valence-corrected chi connectivity index (χ1v) is 12.2. The molecule has 0 bridgehead atoms. The molecule has 2 N–H and O–H groups in total. The molecule has 0 saturated carbocycles. The van der Waals surface area contributed by atoms with E-state index in [0.717, 1.165) is 47.6 Å². The molecule has 1 aliphatic rings. The molecule has 10 heteroatoms. The Kier molecular flexibility index (Phi) is 10.3. The lowest BCUT2D eigenvalue weighted by atomic mass is 10.0. The van der Waals surface area contributed by atoms with E-state index in [-0.39, 0.29) is 5.91 Å². The number of nitrogens with zero attached hydrogens (tertiary/aromatic N) is 2. The minimum Gasteiger partial charge on any atom is -0.496 e. The van der Waals surface area contributed by atoms with Crippen LogP contribution in [0.1, 0.15) is 15.9 Å². The fourth-order valence-corrected chi connectivity index (χ4v) is 4.18. The smallest absolute Gasteiger partial charge is 0.414 e. The molecule has 1 saturated heterocycles. The summed E-state index contributed by atoms with van der Waals surface area (Å²) in [5.74, 6) is -1.47. The van der Waals surface area contributed by atoms with E-state index < -0.39 is 11.9 Å². The maximum atomic E-state index is 13.0. The van der Waals surface area contributed by atoms with Gasteiger partial charge in [-0.3, -0.25) is 9.69 Å². The van der Waals surface area contributed by atoms with E-state index in [0.29, 0.717) is 24.6 Å². The van der Waals surface area contributed by atoms with Gasteiger partial charge in [0, 0.05) is 49.9 Å². The Bertz CT molecular complexity index is 1260. The van der Waals surface area contributed by atoms with Gasteiger partial charge in [0.2, 0.25) is 0 Å². The first-order valence-electron chi connectivity index (χ1n) is 12.2. The van der Waals surface area contributed by atoms with Gasteiger partial charge in [-0.1, -0.05) is 42.5 Å². The number of aliphatic carboxylic acids is 2. The topological polar surface area (TPSA) is 126 Å². The number of hydrogen-bond donors (Lipinski definition) is 2. The van der Waals surface area contributed by atoms with Crippen LogP contribution < -0.4 is 14.2 Å². The summed E-state index contributed by atoms with van der Waals surface area (Å²) in [4.78, 5) is 35.5. The van der Waals surface area contributed by atoms with E-state index in [1.54, 1.807) is 21.3 Å². The zero-order valence-corrected chi connectivity index (χ0v) is 22.1. The Hall–Kier alpha value is -4.57. The number of carboxylic acid groups (broad SMARTS) is 2. The molecule has 0 aromatic heterocycles. The van der Waals surface area contributed by atoms with Crippen LogP contribution in [0.4, 0.5) is 0 Å². The third kappa shape index (κ3) is 7.71. The molecule has 0 aliphatic carbocycles. The fourth-order valence-electron chi connectivity index (χ4n) is 4.18. The van der Waals surface area contributed by atoms with Crippen molar-refractivity contribution in [2.75, 3.05) is 47.5 Å². The van der Waals surface area contributed by atoms with Gasteiger partial charge in [-0.05, 0) is 29.3 Å². The first kappa shape index (κ1) is 29.0. The molecule has 10 nitrogen and oxygen atoms in total. The molecule has 1 fully saturated rings. The average Bonchev–Trinajstić information content (AvgIpc) is 2.97.